The summed E-state index contributed by atoms with van der Waals surface area (Å²) >= 11 is 0. The van der Waals surface area contributed by atoms with E-state index in [1.807, 2.05) is 0 Å². The second-order valence-corrected chi connectivity index (χ2v) is 6.19. The maximum Gasteiger partial charge on any atom is 0.227 e. The molecule has 0 radical (unpaired) electrons. The monoisotopic (exact) mass is 238 g/mol. The standard InChI is InChI=1S/C14H26N2O/c1-9-7-10(2)12(4)16(8-9)14(17)13-5-6-15-11(13)3/h9-13,15H,5-8H2,1-4H3. The van der Waals surface area contributed by atoms with Crippen LogP contribution < -0.4 is 5.32 Å². The maximum atomic E-state index is 12.6. The van der Waals surface area contributed by atoms with Crippen LogP contribution in [-0.2, 0) is 4.79 Å². The zero-order valence-corrected chi connectivity index (χ0v) is 11.6. The minimum atomic E-state index is 0.204. The van der Waals surface area contributed by atoms with E-state index in [0.717, 1.165) is 19.5 Å². The van der Waals surface area contributed by atoms with Crippen molar-refractivity contribution in [1.82, 2.24) is 10.2 Å². The molecule has 0 aliphatic carbocycles. The minimum absolute atomic E-state index is 0.204. The summed E-state index contributed by atoms with van der Waals surface area (Å²) in [7, 11) is 0. The van der Waals surface area contributed by atoms with Gasteiger partial charge in [-0.3, -0.25) is 4.79 Å². The van der Waals surface area contributed by atoms with Crippen molar-refractivity contribution in [2.24, 2.45) is 17.8 Å². The van der Waals surface area contributed by atoms with E-state index < -0.39 is 0 Å². The molecule has 2 aliphatic rings. The van der Waals surface area contributed by atoms with Gasteiger partial charge in [0.05, 0.1) is 5.92 Å². The second kappa shape index (κ2) is 4.97. The normalized spacial score (nSPS) is 42.8. The van der Waals surface area contributed by atoms with Crippen LogP contribution in [-0.4, -0.2) is 36.0 Å². The Labute approximate surface area is 105 Å². The summed E-state index contributed by atoms with van der Waals surface area (Å²) in [4.78, 5) is 14.7. The Morgan fingerprint density at radius 2 is 1.94 bits per heavy atom. The highest BCUT2D eigenvalue weighted by atomic mass is 16.2. The van der Waals surface area contributed by atoms with Gasteiger partial charge in [0.2, 0.25) is 5.91 Å². The van der Waals surface area contributed by atoms with Crippen molar-refractivity contribution in [3.05, 3.63) is 0 Å². The summed E-state index contributed by atoms with van der Waals surface area (Å²) in [6.07, 6.45) is 2.26. The van der Waals surface area contributed by atoms with E-state index in [4.69, 9.17) is 0 Å². The van der Waals surface area contributed by atoms with E-state index in [2.05, 4.69) is 37.9 Å². The van der Waals surface area contributed by atoms with Gasteiger partial charge >= 0.3 is 0 Å². The van der Waals surface area contributed by atoms with Crippen molar-refractivity contribution in [2.45, 2.75) is 52.6 Å². The van der Waals surface area contributed by atoms with E-state index in [1.54, 1.807) is 0 Å². The number of likely N-dealkylation sites (tertiary alicyclic amines) is 1. The summed E-state index contributed by atoms with van der Waals surface area (Å²) < 4.78 is 0. The molecule has 2 aliphatic heterocycles. The van der Waals surface area contributed by atoms with Crippen LogP contribution in [0.2, 0.25) is 0 Å². The lowest BCUT2D eigenvalue weighted by Gasteiger charge is -2.42. The SMILES string of the molecule is CC1CC(C)C(C)N(C(=O)C2CCNC2C)C1. The van der Waals surface area contributed by atoms with Crippen LogP contribution in [0, 0.1) is 17.8 Å². The van der Waals surface area contributed by atoms with Crippen LogP contribution in [0.5, 0.6) is 0 Å². The summed E-state index contributed by atoms with van der Waals surface area (Å²) in [6.45, 7) is 10.8. The highest BCUT2D eigenvalue weighted by molar-refractivity contribution is 5.80. The first-order chi connectivity index (χ1) is 8.00. The number of amides is 1. The van der Waals surface area contributed by atoms with Crippen molar-refractivity contribution in [2.75, 3.05) is 13.1 Å². The maximum absolute atomic E-state index is 12.6. The molecule has 2 rings (SSSR count). The predicted molar refractivity (Wildman–Crippen MR) is 69.7 cm³/mol. The molecule has 2 fully saturated rings. The smallest absolute Gasteiger partial charge is 0.227 e. The number of carbonyl (C=O) groups excluding carboxylic acids is 1. The third-order valence-electron chi connectivity index (χ3n) is 4.72. The molecular weight excluding hydrogens is 212 g/mol. The molecule has 1 amide bonds. The Morgan fingerprint density at radius 1 is 1.24 bits per heavy atom. The lowest BCUT2D eigenvalue weighted by Crippen LogP contribution is -2.52. The molecule has 0 saturated carbocycles. The van der Waals surface area contributed by atoms with E-state index in [1.165, 1.54) is 6.42 Å². The number of piperidine rings is 1. The second-order valence-electron chi connectivity index (χ2n) is 6.19. The molecule has 2 saturated heterocycles. The molecule has 3 heteroatoms. The van der Waals surface area contributed by atoms with Crippen molar-refractivity contribution in [1.29, 1.82) is 0 Å². The first-order valence-corrected chi connectivity index (χ1v) is 7.04. The molecule has 0 spiro atoms. The minimum Gasteiger partial charge on any atom is -0.339 e. The number of carbonyl (C=O) groups is 1. The number of hydrogen-bond acceptors (Lipinski definition) is 2. The number of nitrogens with one attached hydrogen (secondary N) is 1. The molecule has 2 heterocycles. The van der Waals surface area contributed by atoms with Gasteiger partial charge in [-0.15, -0.1) is 0 Å². The number of hydrogen-bond donors (Lipinski definition) is 1. The van der Waals surface area contributed by atoms with Crippen molar-refractivity contribution < 1.29 is 4.79 Å². The van der Waals surface area contributed by atoms with Gasteiger partial charge in [-0.1, -0.05) is 13.8 Å². The Balaban J connectivity index is 2.07. The molecule has 5 atom stereocenters. The summed E-state index contributed by atoms with van der Waals surface area (Å²) in [5.74, 6) is 1.87. The van der Waals surface area contributed by atoms with E-state index >= 15 is 0 Å². The lowest BCUT2D eigenvalue weighted by molar-refractivity contribution is -0.141. The molecule has 3 nitrogen and oxygen atoms in total. The van der Waals surface area contributed by atoms with Crippen LogP contribution >= 0.6 is 0 Å². The molecule has 5 unspecified atom stereocenters. The predicted octanol–water partition coefficient (Wildman–Crippen LogP) is 1.88. The fraction of sp³-hybridized carbons (Fsp3) is 0.929. The van der Waals surface area contributed by atoms with Crippen LogP contribution in [0.15, 0.2) is 0 Å². The largest absolute Gasteiger partial charge is 0.339 e. The van der Waals surface area contributed by atoms with Crippen LogP contribution in [0.1, 0.15) is 40.5 Å². The topological polar surface area (TPSA) is 32.3 Å². The highest BCUT2D eigenvalue weighted by Crippen LogP contribution is 2.29. The molecule has 1 N–H and O–H groups in total. The van der Waals surface area contributed by atoms with Gasteiger partial charge in [0.15, 0.2) is 0 Å². The van der Waals surface area contributed by atoms with E-state index in [-0.39, 0.29) is 5.92 Å². The first-order valence-electron chi connectivity index (χ1n) is 7.04. The van der Waals surface area contributed by atoms with Gasteiger partial charge in [0.1, 0.15) is 0 Å². The van der Waals surface area contributed by atoms with Gasteiger partial charge in [-0.05, 0) is 45.1 Å². The van der Waals surface area contributed by atoms with Crippen molar-refractivity contribution in [3.8, 4) is 0 Å². The molecule has 0 aromatic carbocycles. The van der Waals surface area contributed by atoms with Crippen LogP contribution in [0.4, 0.5) is 0 Å². The molecular formula is C14H26N2O. The van der Waals surface area contributed by atoms with Crippen LogP contribution in [0.25, 0.3) is 0 Å². The average molecular weight is 238 g/mol. The van der Waals surface area contributed by atoms with Gasteiger partial charge in [0.25, 0.3) is 0 Å². The van der Waals surface area contributed by atoms with Crippen molar-refractivity contribution in [3.63, 3.8) is 0 Å². The third kappa shape index (κ3) is 2.49. The summed E-state index contributed by atoms with van der Waals surface area (Å²) in [5, 5.41) is 3.38. The molecule has 17 heavy (non-hydrogen) atoms. The zero-order valence-electron chi connectivity index (χ0n) is 11.6. The fourth-order valence-corrected chi connectivity index (χ4v) is 3.42. The quantitative estimate of drug-likeness (QED) is 0.756. The summed E-state index contributed by atoms with van der Waals surface area (Å²) in [6, 6.07) is 0.758. The highest BCUT2D eigenvalue weighted by Gasteiger charge is 2.38. The Hall–Kier alpha value is -0.570. The number of nitrogens with zero attached hydrogens (tertiary/aromatic N) is 1. The van der Waals surface area contributed by atoms with E-state index in [0.29, 0.717) is 29.8 Å². The third-order valence-corrected chi connectivity index (χ3v) is 4.72. The van der Waals surface area contributed by atoms with Gasteiger partial charge in [-0.2, -0.15) is 0 Å². The Kier molecular flexibility index (Phi) is 3.76. The molecule has 0 aromatic heterocycles. The Morgan fingerprint density at radius 3 is 2.53 bits per heavy atom. The first kappa shape index (κ1) is 12.9. The summed E-state index contributed by atoms with van der Waals surface area (Å²) in [5.41, 5.74) is 0. The average Bonchev–Trinajstić information content (AvgIpc) is 2.69. The Bertz CT molecular complexity index is 292. The van der Waals surface area contributed by atoms with Gasteiger partial charge < -0.3 is 10.2 Å². The van der Waals surface area contributed by atoms with Crippen LogP contribution in [0.3, 0.4) is 0 Å². The number of rotatable bonds is 1. The molecule has 98 valence electrons. The molecule has 0 bridgehead atoms. The van der Waals surface area contributed by atoms with Gasteiger partial charge in [-0.25, -0.2) is 0 Å². The fourth-order valence-electron chi connectivity index (χ4n) is 3.42. The molecule has 0 aromatic rings. The lowest BCUT2D eigenvalue weighted by atomic mass is 9.84. The van der Waals surface area contributed by atoms with Crippen molar-refractivity contribution >= 4 is 5.91 Å². The van der Waals surface area contributed by atoms with Gasteiger partial charge in [0, 0.05) is 18.6 Å². The zero-order chi connectivity index (χ0) is 12.6. The van der Waals surface area contributed by atoms with E-state index in [9.17, 15) is 4.79 Å².